The molecular formula is C19H25F5O2. The van der Waals surface area contributed by atoms with Gasteiger partial charge in [-0.3, -0.25) is 4.39 Å². The van der Waals surface area contributed by atoms with Gasteiger partial charge in [-0.25, -0.2) is 0 Å². The van der Waals surface area contributed by atoms with Crippen molar-refractivity contribution in [2.24, 2.45) is 17.8 Å². The van der Waals surface area contributed by atoms with Crippen LogP contribution in [0.5, 0.6) is 0 Å². The van der Waals surface area contributed by atoms with Gasteiger partial charge in [0.25, 0.3) is 0 Å². The molecule has 26 heavy (non-hydrogen) atoms. The Morgan fingerprint density at radius 1 is 0.962 bits per heavy atom. The average molecular weight is 380 g/mol. The van der Waals surface area contributed by atoms with Crippen molar-refractivity contribution in [2.45, 2.75) is 57.2 Å². The Morgan fingerprint density at radius 2 is 1.58 bits per heavy atom. The lowest BCUT2D eigenvalue weighted by molar-refractivity contribution is -0.227. The molecule has 0 N–H and O–H groups in total. The van der Waals surface area contributed by atoms with Crippen LogP contribution in [0, 0.1) is 17.8 Å². The summed E-state index contributed by atoms with van der Waals surface area (Å²) in [7, 11) is 0. The van der Waals surface area contributed by atoms with Crippen molar-refractivity contribution in [1.82, 2.24) is 0 Å². The lowest BCUT2D eigenvalue weighted by atomic mass is 9.73. The van der Waals surface area contributed by atoms with E-state index in [0.29, 0.717) is 44.8 Å². The van der Waals surface area contributed by atoms with Crippen LogP contribution in [0.3, 0.4) is 0 Å². The molecule has 1 aliphatic heterocycles. The molecule has 148 valence electrons. The van der Waals surface area contributed by atoms with Crippen molar-refractivity contribution in [1.29, 1.82) is 0 Å². The molecule has 0 aromatic carbocycles. The Hall–Kier alpha value is -0.950. The van der Waals surface area contributed by atoms with Crippen LogP contribution in [-0.2, 0) is 9.47 Å². The monoisotopic (exact) mass is 380 g/mol. The molecule has 0 bridgehead atoms. The van der Waals surface area contributed by atoms with Gasteiger partial charge in [0, 0.05) is 29.4 Å². The molecule has 1 saturated carbocycles. The zero-order chi connectivity index (χ0) is 18.9. The Balaban J connectivity index is 1.67. The van der Waals surface area contributed by atoms with Crippen LogP contribution in [0.4, 0.5) is 22.0 Å². The molecule has 3 aliphatic rings. The topological polar surface area (TPSA) is 18.5 Å². The third-order valence-corrected chi connectivity index (χ3v) is 5.67. The number of alkyl halides is 5. The minimum Gasteiger partial charge on any atom is -0.352 e. The standard InChI is InChI=1S/C19H25F5O2/c1-12-10-25-17(26-11-12)14-4-2-13(3-5-14)16-7-6-15(8-9-20)18(21,22)19(16,23)24/h6-7,12-14,17H,2-5,8-11H2,1H3. The van der Waals surface area contributed by atoms with Crippen LogP contribution in [0.2, 0.25) is 0 Å². The molecular weight excluding hydrogens is 355 g/mol. The van der Waals surface area contributed by atoms with Gasteiger partial charge in [-0.1, -0.05) is 19.1 Å². The van der Waals surface area contributed by atoms with E-state index in [0.717, 1.165) is 12.2 Å². The van der Waals surface area contributed by atoms with Gasteiger partial charge in [-0.15, -0.1) is 0 Å². The molecule has 0 aromatic rings. The fourth-order valence-corrected chi connectivity index (χ4v) is 4.11. The predicted molar refractivity (Wildman–Crippen MR) is 87.0 cm³/mol. The second-order valence-electron chi connectivity index (χ2n) is 7.65. The van der Waals surface area contributed by atoms with Crippen LogP contribution in [0.25, 0.3) is 0 Å². The molecule has 0 atom stereocenters. The highest BCUT2D eigenvalue weighted by molar-refractivity contribution is 5.39. The Bertz CT molecular complexity index is 556. The van der Waals surface area contributed by atoms with Crippen molar-refractivity contribution >= 4 is 0 Å². The van der Waals surface area contributed by atoms with Gasteiger partial charge in [0.05, 0.1) is 19.9 Å². The van der Waals surface area contributed by atoms with E-state index in [-0.39, 0.29) is 12.2 Å². The van der Waals surface area contributed by atoms with Gasteiger partial charge in [0.1, 0.15) is 0 Å². The van der Waals surface area contributed by atoms with Crippen molar-refractivity contribution in [3.8, 4) is 0 Å². The highest BCUT2D eigenvalue weighted by Crippen LogP contribution is 2.52. The summed E-state index contributed by atoms with van der Waals surface area (Å²) >= 11 is 0. The zero-order valence-corrected chi connectivity index (χ0v) is 14.8. The largest absolute Gasteiger partial charge is 0.352 e. The molecule has 7 heteroatoms. The summed E-state index contributed by atoms with van der Waals surface area (Å²) in [5.41, 5.74) is -1.36. The number of ether oxygens (including phenoxy) is 2. The first kappa shape index (κ1) is 19.8. The van der Waals surface area contributed by atoms with E-state index in [4.69, 9.17) is 9.47 Å². The minimum absolute atomic E-state index is 0.106. The van der Waals surface area contributed by atoms with Gasteiger partial charge < -0.3 is 9.47 Å². The summed E-state index contributed by atoms with van der Waals surface area (Å²) in [5.74, 6) is -8.75. The molecule has 0 unspecified atom stereocenters. The number of allylic oxidation sites excluding steroid dienone is 4. The van der Waals surface area contributed by atoms with Crippen LogP contribution in [0.15, 0.2) is 23.3 Å². The number of rotatable bonds is 4. The SMILES string of the molecule is CC1COC(C2CCC(C3=CC=C(CCF)C(F)(F)C3(F)F)CC2)OC1. The van der Waals surface area contributed by atoms with Gasteiger partial charge in [-0.05, 0) is 31.6 Å². The molecule has 2 nitrogen and oxygen atoms in total. The molecule has 0 amide bonds. The normalized spacial score (nSPS) is 37.0. The maximum atomic E-state index is 14.5. The lowest BCUT2D eigenvalue weighted by Gasteiger charge is -2.40. The zero-order valence-electron chi connectivity index (χ0n) is 14.8. The predicted octanol–water partition coefficient (Wildman–Crippen LogP) is 5.30. The maximum Gasteiger partial charge on any atom is 0.336 e. The van der Waals surface area contributed by atoms with E-state index in [2.05, 4.69) is 0 Å². The Morgan fingerprint density at radius 3 is 2.15 bits per heavy atom. The molecule has 3 rings (SSSR count). The molecule has 1 saturated heterocycles. The van der Waals surface area contributed by atoms with Gasteiger partial charge in [-0.2, -0.15) is 17.6 Å². The Labute approximate surface area is 150 Å². The first-order valence-corrected chi connectivity index (χ1v) is 9.24. The summed E-state index contributed by atoms with van der Waals surface area (Å²) in [6, 6.07) is 0. The van der Waals surface area contributed by atoms with E-state index in [1.165, 1.54) is 0 Å². The lowest BCUT2D eigenvalue weighted by Crippen LogP contribution is -2.48. The summed E-state index contributed by atoms with van der Waals surface area (Å²) < 4.78 is 81.0. The van der Waals surface area contributed by atoms with Crippen LogP contribution >= 0.6 is 0 Å². The molecule has 2 aliphatic carbocycles. The Kier molecular flexibility index (Phi) is 5.78. The quantitative estimate of drug-likeness (QED) is 0.617. The van der Waals surface area contributed by atoms with Gasteiger partial charge in [0.15, 0.2) is 6.29 Å². The third kappa shape index (κ3) is 3.57. The van der Waals surface area contributed by atoms with Crippen molar-refractivity contribution in [3.05, 3.63) is 23.3 Å². The van der Waals surface area contributed by atoms with Crippen LogP contribution in [0.1, 0.15) is 39.0 Å². The fourth-order valence-electron chi connectivity index (χ4n) is 4.11. The van der Waals surface area contributed by atoms with Crippen molar-refractivity contribution < 1.29 is 31.4 Å². The minimum atomic E-state index is -4.33. The van der Waals surface area contributed by atoms with E-state index in [1.807, 2.05) is 6.92 Å². The van der Waals surface area contributed by atoms with Crippen LogP contribution < -0.4 is 0 Å². The van der Waals surface area contributed by atoms with E-state index >= 15 is 0 Å². The molecule has 0 radical (unpaired) electrons. The first-order valence-electron chi connectivity index (χ1n) is 9.24. The molecule has 0 spiro atoms. The highest BCUT2D eigenvalue weighted by Gasteiger charge is 2.62. The average Bonchev–Trinajstić information content (AvgIpc) is 2.61. The first-order chi connectivity index (χ1) is 12.3. The molecule has 0 aromatic heterocycles. The van der Waals surface area contributed by atoms with Crippen LogP contribution in [-0.4, -0.2) is 38.0 Å². The molecule has 2 fully saturated rings. The van der Waals surface area contributed by atoms with E-state index in [1.54, 1.807) is 0 Å². The van der Waals surface area contributed by atoms with Gasteiger partial charge in [0.2, 0.25) is 0 Å². The van der Waals surface area contributed by atoms with E-state index < -0.39 is 42.0 Å². The third-order valence-electron chi connectivity index (χ3n) is 5.67. The second-order valence-corrected chi connectivity index (χ2v) is 7.65. The number of halogens is 5. The second kappa shape index (κ2) is 7.58. The summed E-state index contributed by atoms with van der Waals surface area (Å²) in [6.45, 7) is 2.17. The number of hydrogen-bond acceptors (Lipinski definition) is 2. The summed E-state index contributed by atoms with van der Waals surface area (Å²) in [4.78, 5) is 0. The number of hydrogen-bond donors (Lipinski definition) is 0. The highest BCUT2D eigenvalue weighted by atomic mass is 19.3. The summed E-state index contributed by atoms with van der Waals surface area (Å²) in [5, 5.41) is 0. The van der Waals surface area contributed by atoms with Crippen molar-refractivity contribution in [2.75, 3.05) is 19.9 Å². The maximum absolute atomic E-state index is 14.5. The molecule has 1 heterocycles. The van der Waals surface area contributed by atoms with Crippen molar-refractivity contribution in [3.63, 3.8) is 0 Å². The van der Waals surface area contributed by atoms with Gasteiger partial charge >= 0.3 is 11.8 Å². The van der Waals surface area contributed by atoms with E-state index in [9.17, 15) is 22.0 Å². The fraction of sp³-hybridized carbons (Fsp3) is 0.789. The smallest absolute Gasteiger partial charge is 0.336 e. The summed E-state index contributed by atoms with van der Waals surface area (Å²) in [6.07, 6.45) is 3.06.